The number of benzene rings is 1. The van der Waals surface area contributed by atoms with E-state index in [2.05, 4.69) is 10.1 Å². The average molecular weight is 286 g/mol. The fraction of sp³-hybridized carbons (Fsp3) is 0.333. The highest BCUT2D eigenvalue weighted by atomic mass is 16.5. The predicted octanol–water partition coefficient (Wildman–Crippen LogP) is 1.53. The highest BCUT2D eigenvalue weighted by Gasteiger charge is 2.24. The van der Waals surface area contributed by atoms with Gasteiger partial charge in [0.2, 0.25) is 0 Å². The van der Waals surface area contributed by atoms with E-state index in [1.165, 1.54) is 0 Å². The Hall–Kier alpha value is -2.50. The molecule has 0 aliphatic carbocycles. The molecule has 1 fully saturated rings. The van der Waals surface area contributed by atoms with Crippen molar-refractivity contribution in [3.05, 3.63) is 41.8 Å². The smallest absolute Gasteiger partial charge is 0.276 e. The van der Waals surface area contributed by atoms with E-state index < -0.39 is 0 Å². The van der Waals surface area contributed by atoms with Crippen LogP contribution in [0.5, 0.6) is 0 Å². The first-order valence-electron chi connectivity index (χ1n) is 6.96. The molecule has 1 amide bonds. The highest BCUT2D eigenvalue weighted by Crippen LogP contribution is 2.19. The van der Waals surface area contributed by atoms with Gasteiger partial charge in [-0.25, -0.2) is 0 Å². The van der Waals surface area contributed by atoms with E-state index in [0.29, 0.717) is 24.5 Å². The number of hydrogen-bond acceptors (Lipinski definition) is 5. The van der Waals surface area contributed by atoms with E-state index in [4.69, 9.17) is 10.3 Å². The predicted molar refractivity (Wildman–Crippen MR) is 80.2 cm³/mol. The maximum atomic E-state index is 12.3. The SMILES string of the molecule is Cc1cc(C(=O)N2CCN(c3cccc(N)c3)CC2)no1. The van der Waals surface area contributed by atoms with Crippen LogP contribution in [0.25, 0.3) is 0 Å². The number of nitrogens with zero attached hydrogens (tertiary/aromatic N) is 3. The fourth-order valence-electron chi connectivity index (χ4n) is 2.52. The molecule has 2 heterocycles. The van der Waals surface area contributed by atoms with Crippen molar-refractivity contribution in [3.8, 4) is 0 Å². The molecule has 3 rings (SSSR count). The molecule has 0 saturated carbocycles. The van der Waals surface area contributed by atoms with Crippen LogP contribution in [-0.4, -0.2) is 42.1 Å². The number of aryl methyl sites for hydroxylation is 1. The van der Waals surface area contributed by atoms with Crippen LogP contribution in [0.3, 0.4) is 0 Å². The highest BCUT2D eigenvalue weighted by molar-refractivity contribution is 5.92. The third kappa shape index (κ3) is 2.84. The number of amides is 1. The van der Waals surface area contributed by atoms with Crippen molar-refractivity contribution >= 4 is 17.3 Å². The second-order valence-electron chi connectivity index (χ2n) is 5.20. The summed E-state index contributed by atoms with van der Waals surface area (Å²) < 4.78 is 4.96. The Morgan fingerprint density at radius 3 is 2.62 bits per heavy atom. The molecule has 2 aromatic rings. The van der Waals surface area contributed by atoms with E-state index >= 15 is 0 Å². The number of carbonyl (C=O) groups is 1. The molecule has 2 N–H and O–H groups in total. The monoisotopic (exact) mass is 286 g/mol. The number of nitrogens with two attached hydrogens (primary N) is 1. The van der Waals surface area contributed by atoms with E-state index in [1.54, 1.807) is 17.9 Å². The van der Waals surface area contributed by atoms with Gasteiger partial charge in [0, 0.05) is 43.6 Å². The van der Waals surface area contributed by atoms with Gasteiger partial charge >= 0.3 is 0 Å². The lowest BCUT2D eigenvalue weighted by atomic mass is 10.2. The maximum Gasteiger partial charge on any atom is 0.276 e. The third-order valence-electron chi connectivity index (χ3n) is 3.65. The summed E-state index contributed by atoms with van der Waals surface area (Å²) in [5.74, 6) is 0.579. The largest absolute Gasteiger partial charge is 0.399 e. The Labute approximate surface area is 123 Å². The minimum Gasteiger partial charge on any atom is -0.399 e. The number of anilines is 2. The van der Waals surface area contributed by atoms with Crippen molar-refractivity contribution in [2.45, 2.75) is 6.92 Å². The van der Waals surface area contributed by atoms with Crippen LogP contribution in [0.15, 0.2) is 34.9 Å². The summed E-state index contributed by atoms with van der Waals surface area (Å²) in [6.07, 6.45) is 0. The summed E-state index contributed by atoms with van der Waals surface area (Å²) in [6.45, 7) is 4.68. The number of piperazine rings is 1. The number of aromatic nitrogens is 1. The number of carbonyl (C=O) groups excluding carboxylic acids is 1. The van der Waals surface area contributed by atoms with Gasteiger partial charge in [0.15, 0.2) is 5.69 Å². The van der Waals surface area contributed by atoms with Crippen molar-refractivity contribution < 1.29 is 9.32 Å². The Morgan fingerprint density at radius 2 is 2.00 bits per heavy atom. The van der Waals surface area contributed by atoms with Gasteiger partial charge in [-0.05, 0) is 25.1 Å². The minimum absolute atomic E-state index is 0.0703. The molecule has 1 aromatic heterocycles. The lowest BCUT2D eigenvalue weighted by Gasteiger charge is -2.35. The molecule has 6 heteroatoms. The van der Waals surface area contributed by atoms with Crippen LogP contribution in [-0.2, 0) is 0 Å². The first-order chi connectivity index (χ1) is 10.1. The Bertz CT molecular complexity index is 645. The van der Waals surface area contributed by atoms with Gasteiger partial charge in [-0.3, -0.25) is 4.79 Å². The van der Waals surface area contributed by atoms with Crippen LogP contribution in [0.1, 0.15) is 16.2 Å². The molecular weight excluding hydrogens is 268 g/mol. The number of hydrogen-bond donors (Lipinski definition) is 1. The molecule has 0 radical (unpaired) electrons. The molecule has 21 heavy (non-hydrogen) atoms. The molecule has 1 saturated heterocycles. The van der Waals surface area contributed by atoms with Crippen molar-refractivity contribution in [2.75, 3.05) is 36.8 Å². The molecule has 6 nitrogen and oxygen atoms in total. The van der Waals surface area contributed by atoms with Gasteiger partial charge in [-0.15, -0.1) is 0 Å². The average Bonchev–Trinajstić information content (AvgIpc) is 2.93. The Kier molecular flexibility index (Phi) is 3.51. The van der Waals surface area contributed by atoms with Gasteiger partial charge in [0.05, 0.1) is 0 Å². The summed E-state index contributed by atoms with van der Waals surface area (Å²) >= 11 is 0. The molecule has 110 valence electrons. The zero-order valence-corrected chi connectivity index (χ0v) is 12.0. The lowest BCUT2D eigenvalue weighted by molar-refractivity contribution is 0.0736. The zero-order chi connectivity index (χ0) is 14.8. The molecule has 0 spiro atoms. The molecular formula is C15H18N4O2. The molecule has 0 bridgehead atoms. The van der Waals surface area contributed by atoms with E-state index in [9.17, 15) is 4.79 Å². The van der Waals surface area contributed by atoms with Gasteiger partial charge in [-0.2, -0.15) is 0 Å². The number of nitrogen functional groups attached to an aromatic ring is 1. The van der Waals surface area contributed by atoms with Crippen LogP contribution in [0, 0.1) is 6.92 Å². The van der Waals surface area contributed by atoms with Gasteiger partial charge in [-0.1, -0.05) is 11.2 Å². The second-order valence-corrected chi connectivity index (χ2v) is 5.20. The van der Waals surface area contributed by atoms with Crippen molar-refractivity contribution in [1.82, 2.24) is 10.1 Å². The first kappa shape index (κ1) is 13.5. The molecule has 1 aliphatic rings. The van der Waals surface area contributed by atoms with E-state index in [1.807, 2.05) is 24.3 Å². The molecule has 0 atom stereocenters. The number of rotatable bonds is 2. The van der Waals surface area contributed by atoms with Crippen LogP contribution in [0.4, 0.5) is 11.4 Å². The molecule has 1 aliphatic heterocycles. The first-order valence-corrected chi connectivity index (χ1v) is 6.96. The molecule has 0 unspecified atom stereocenters. The summed E-state index contributed by atoms with van der Waals surface area (Å²) in [6, 6.07) is 9.48. The summed E-state index contributed by atoms with van der Waals surface area (Å²) in [5.41, 5.74) is 8.04. The minimum atomic E-state index is -0.0703. The molecule has 1 aromatic carbocycles. The van der Waals surface area contributed by atoms with Gasteiger partial charge in [0.1, 0.15) is 5.76 Å². The Morgan fingerprint density at radius 1 is 1.24 bits per heavy atom. The third-order valence-corrected chi connectivity index (χ3v) is 3.65. The van der Waals surface area contributed by atoms with Crippen molar-refractivity contribution in [1.29, 1.82) is 0 Å². The van der Waals surface area contributed by atoms with E-state index in [0.717, 1.165) is 24.5 Å². The summed E-state index contributed by atoms with van der Waals surface area (Å²) in [5, 5.41) is 3.78. The summed E-state index contributed by atoms with van der Waals surface area (Å²) in [7, 11) is 0. The van der Waals surface area contributed by atoms with Crippen LogP contribution < -0.4 is 10.6 Å². The van der Waals surface area contributed by atoms with Crippen molar-refractivity contribution in [3.63, 3.8) is 0 Å². The van der Waals surface area contributed by atoms with Crippen LogP contribution >= 0.6 is 0 Å². The maximum absolute atomic E-state index is 12.3. The zero-order valence-electron chi connectivity index (χ0n) is 12.0. The normalized spacial score (nSPS) is 15.3. The quantitative estimate of drug-likeness (QED) is 0.847. The topological polar surface area (TPSA) is 75.6 Å². The van der Waals surface area contributed by atoms with E-state index in [-0.39, 0.29) is 5.91 Å². The van der Waals surface area contributed by atoms with Crippen molar-refractivity contribution in [2.24, 2.45) is 0 Å². The summed E-state index contributed by atoms with van der Waals surface area (Å²) in [4.78, 5) is 16.3. The fourth-order valence-corrected chi connectivity index (χ4v) is 2.52. The second kappa shape index (κ2) is 5.47. The Balaban J connectivity index is 1.64. The van der Waals surface area contributed by atoms with Gasteiger partial charge in [0.25, 0.3) is 5.91 Å². The van der Waals surface area contributed by atoms with Crippen LogP contribution in [0.2, 0.25) is 0 Å². The standard InChI is InChI=1S/C15H18N4O2/c1-11-9-14(17-21-11)15(20)19-7-5-18(6-8-19)13-4-2-3-12(16)10-13/h2-4,9-10H,5-8,16H2,1H3. The lowest BCUT2D eigenvalue weighted by Crippen LogP contribution is -2.48. The van der Waals surface area contributed by atoms with Gasteiger partial charge < -0.3 is 20.1 Å².